The van der Waals surface area contributed by atoms with Crippen LogP contribution in [0.1, 0.15) is 10.4 Å². The molecule has 0 radical (unpaired) electrons. The number of rotatable bonds is 4. The zero-order valence-corrected chi connectivity index (χ0v) is 16.2. The number of hydrogen-bond donors (Lipinski definition) is 2. The quantitative estimate of drug-likeness (QED) is 0.634. The van der Waals surface area contributed by atoms with Crippen molar-refractivity contribution in [3.05, 3.63) is 47.0 Å². The number of anilines is 1. The lowest BCUT2D eigenvalue weighted by Gasteiger charge is -2.07. The zero-order valence-electron chi connectivity index (χ0n) is 13.8. The first kappa shape index (κ1) is 18.4. The molecule has 1 heterocycles. The summed E-state index contributed by atoms with van der Waals surface area (Å²) in [6.45, 7) is 0. The average molecular weight is 408 g/mol. The summed E-state index contributed by atoms with van der Waals surface area (Å²) >= 11 is 12.5. The first-order valence-electron chi connectivity index (χ1n) is 7.40. The Morgan fingerprint density at radius 2 is 2.04 bits per heavy atom. The number of amides is 1. The van der Waals surface area contributed by atoms with Crippen LogP contribution in [-0.2, 0) is 0 Å². The molecule has 1 aromatic heterocycles. The van der Waals surface area contributed by atoms with Crippen molar-refractivity contribution in [2.75, 3.05) is 19.5 Å². The Labute approximate surface area is 164 Å². The van der Waals surface area contributed by atoms with Gasteiger partial charge in [-0.05, 0) is 36.5 Å². The fourth-order valence-corrected chi connectivity index (χ4v) is 3.60. The van der Waals surface area contributed by atoms with Gasteiger partial charge >= 0.3 is 0 Å². The van der Waals surface area contributed by atoms with Crippen LogP contribution in [0.4, 0.5) is 5.13 Å². The maximum absolute atomic E-state index is 12.2. The van der Waals surface area contributed by atoms with Gasteiger partial charge in [-0.1, -0.05) is 29.0 Å². The Kier molecular flexibility index (Phi) is 5.55. The molecule has 0 aliphatic rings. The van der Waals surface area contributed by atoms with E-state index in [0.717, 1.165) is 4.70 Å². The molecule has 3 rings (SSSR count). The number of methoxy groups -OCH3 is 2. The van der Waals surface area contributed by atoms with E-state index in [1.54, 1.807) is 44.6 Å². The molecule has 2 aromatic carbocycles. The van der Waals surface area contributed by atoms with Gasteiger partial charge in [0.15, 0.2) is 10.2 Å². The van der Waals surface area contributed by atoms with Crippen molar-refractivity contribution in [3.63, 3.8) is 0 Å². The van der Waals surface area contributed by atoms with Crippen LogP contribution in [0, 0.1) is 0 Å². The lowest BCUT2D eigenvalue weighted by Crippen LogP contribution is -2.34. The molecule has 2 N–H and O–H groups in total. The molecule has 0 saturated carbocycles. The highest BCUT2D eigenvalue weighted by Gasteiger charge is 2.14. The fourth-order valence-electron chi connectivity index (χ4n) is 2.24. The van der Waals surface area contributed by atoms with Crippen LogP contribution in [0.5, 0.6) is 11.5 Å². The smallest absolute Gasteiger partial charge is 0.257 e. The normalized spacial score (nSPS) is 10.4. The molecule has 0 atom stereocenters. The van der Waals surface area contributed by atoms with E-state index < -0.39 is 0 Å². The zero-order chi connectivity index (χ0) is 18.7. The molecule has 6 nitrogen and oxygen atoms in total. The summed E-state index contributed by atoms with van der Waals surface area (Å²) < 4.78 is 11.5. The Morgan fingerprint density at radius 3 is 2.73 bits per heavy atom. The Hall–Kier alpha value is -2.42. The Bertz CT molecular complexity index is 991. The lowest BCUT2D eigenvalue weighted by molar-refractivity contribution is 0.0977. The number of thiocarbonyl (C=S) groups is 1. The number of fused-ring (bicyclic) bond motifs is 1. The minimum Gasteiger partial charge on any atom is -0.497 e. The van der Waals surface area contributed by atoms with Gasteiger partial charge in [0.1, 0.15) is 17.0 Å². The van der Waals surface area contributed by atoms with Gasteiger partial charge < -0.3 is 14.8 Å². The van der Waals surface area contributed by atoms with Crippen molar-refractivity contribution >= 4 is 61.5 Å². The number of nitrogens with one attached hydrogen (secondary N) is 2. The number of aromatic nitrogens is 1. The second kappa shape index (κ2) is 7.86. The first-order valence-corrected chi connectivity index (χ1v) is 9.01. The molecule has 26 heavy (non-hydrogen) atoms. The fraction of sp³-hybridized carbons (Fsp3) is 0.118. The van der Waals surface area contributed by atoms with Gasteiger partial charge in [0.25, 0.3) is 5.91 Å². The van der Waals surface area contributed by atoms with Gasteiger partial charge in [0.05, 0.1) is 18.9 Å². The topological polar surface area (TPSA) is 72.5 Å². The van der Waals surface area contributed by atoms with Crippen molar-refractivity contribution in [1.29, 1.82) is 0 Å². The molecule has 1 amide bonds. The van der Waals surface area contributed by atoms with Crippen molar-refractivity contribution in [3.8, 4) is 11.5 Å². The van der Waals surface area contributed by atoms with E-state index >= 15 is 0 Å². The third kappa shape index (κ3) is 4.04. The highest BCUT2D eigenvalue weighted by Crippen LogP contribution is 2.36. The molecule has 0 fully saturated rings. The van der Waals surface area contributed by atoms with Crippen molar-refractivity contribution in [2.45, 2.75) is 0 Å². The first-order chi connectivity index (χ1) is 12.5. The van der Waals surface area contributed by atoms with Gasteiger partial charge in [-0.2, -0.15) is 0 Å². The minimum absolute atomic E-state index is 0.139. The Balaban J connectivity index is 1.76. The molecule has 134 valence electrons. The summed E-state index contributed by atoms with van der Waals surface area (Å²) in [6.07, 6.45) is 0. The number of ether oxygens (including phenoxy) is 2. The van der Waals surface area contributed by atoms with E-state index in [9.17, 15) is 4.79 Å². The maximum Gasteiger partial charge on any atom is 0.257 e. The number of thiazole rings is 1. The third-order valence-corrected chi connectivity index (χ3v) is 4.78. The SMILES string of the molecule is COc1cc(OC)c2nc(NC(=S)NC(=O)c3cccc(Cl)c3)sc2c1. The summed E-state index contributed by atoms with van der Waals surface area (Å²) in [5, 5.41) is 6.66. The molecule has 0 aliphatic carbocycles. The van der Waals surface area contributed by atoms with Crippen LogP contribution >= 0.6 is 35.2 Å². The number of nitrogens with zero attached hydrogens (tertiary/aromatic N) is 1. The van der Waals surface area contributed by atoms with Gasteiger partial charge in [0, 0.05) is 16.7 Å². The molecule has 0 unspecified atom stereocenters. The standard InChI is InChI=1S/C17H14ClN3O3S2/c1-23-11-7-12(24-2)14-13(8-11)26-17(19-14)21-16(25)20-15(22)9-4-3-5-10(18)6-9/h3-8H,1-2H3,(H2,19,20,21,22,25). The predicted molar refractivity (Wildman–Crippen MR) is 108 cm³/mol. The van der Waals surface area contributed by atoms with Crippen molar-refractivity contribution in [2.24, 2.45) is 0 Å². The third-order valence-electron chi connectivity index (χ3n) is 3.42. The van der Waals surface area contributed by atoms with E-state index in [4.69, 9.17) is 33.3 Å². The molecule has 0 spiro atoms. The highest BCUT2D eigenvalue weighted by atomic mass is 35.5. The molecular weight excluding hydrogens is 394 g/mol. The molecular formula is C17H14ClN3O3S2. The van der Waals surface area contributed by atoms with E-state index in [-0.39, 0.29) is 11.0 Å². The lowest BCUT2D eigenvalue weighted by atomic mass is 10.2. The molecule has 0 bridgehead atoms. The second-order valence-electron chi connectivity index (χ2n) is 5.11. The van der Waals surface area contributed by atoms with Gasteiger partial charge in [-0.3, -0.25) is 10.1 Å². The molecule has 0 aliphatic heterocycles. The van der Waals surface area contributed by atoms with Crippen LogP contribution in [0.3, 0.4) is 0 Å². The molecule has 9 heteroatoms. The average Bonchev–Trinajstić information content (AvgIpc) is 3.02. The Morgan fingerprint density at radius 1 is 1.23 bits per heavy atom. The van der Waals surface area contributed by atoms with Crippen LogP contribution in [0.15, 0.2) is 36.4 Å². The van der Waals surface area contributed by atoms with Crippen molar-refractivity contribution < 1.29 is 14.3 Å². The second-order valence-corrected chi connectivity index (χ2v) is 6.99. The summed E-state index contributed by atoms with van der Waals surface area (Å²) in [4.78, 5) is 16.7. The number of benzene rings is 2. The molecule has 0 saturated heterocycles. The summed E-state index contributed by atoms with van der Waals surface area (Å²) in [5.41, 5.74) is 1.10. The number of carbonyl (C=O) groups is 1. The van der Waals surface area contributed by atoms with Gasteiger partial charge in [-0.25, -0.2) is 4.98 Å². The number of carbonyl (C=O) groups excluding carboxylic acids is 1. The van der Waals surface area contributed by atoms with Crippen LogP contribution in [0.25, 0.3) is 10.2 Å². The number of hydrogen-bond acceptors (Lipinski definition) is 6. The van der Waals surface area contributed by atoms with E-state index in [1.165, 1.54) is 11.3 Å². The van der Waals surface area contributed by atoms with E-state index in [2.05, 4.69) is 15.6 Å². The van der Waals surface area contributed by atoms with Crippen LogP contribution in [-0.4, -0.2) is 30.2 Å². The summed E-state index contributed by atoms with van der Waals surface area (Å²) in [7, 11) is 3.15. The van der Waals surface area contributed by atoms with E-state index in [0.29, 0.717) is 32.7 Å². The molecule has 3 aromatic rings. The van der Waals surface area contributed by atoms with Crippen molar-refractivity contribution in [1.82, 2.24) is 10.3 Å². The van der Waals surface area contributed by atoms with Gasteiger partial charge in [-0.15, -0.1) is 0 Å². The highest BCUT2D eigenvalue weighted by molar-refractivity contribution is 7.80. The van der Waals surface area contributed by atoms with Crippen LogP contribution < -0.4 is 20.1 Å². The largest absolute Gasteiger partial charge is 0.497 e. The number of halogens is 1. The summed E-state index contributed by atoms with van der Waals surface area (Å²) in [6, 6.07) is 10.2. The van der Waals surface area contributed by atoms with E-state index in [1.807, 2.05) is 6.07 Å². The maximum atomic E-state index is 12.2. The minimum atomic E-state index is -0.356. The monoisotopic (exact) mass is 407 g/mol. The van der Waals surface area contributed by atoms with Gasteiger partial charge in [0.2, 0.25) is 0 Å². The van der Waals surface area contributed by atoms with Crippen LogP contribution in [0.2, 0.25) is 5.02 Å². The predicted octanol–water partition coefficient (Wildman–Crippen LogP) is 4.09. The summed E-state index contributed by atoms with van der Waals surface area (Å²) in [5.74, 6) is 0.907.